The normalized spacial score (nSPS) is 17.8. The summed E-state index contributed by atoms with van der Waals surface area (Å²) < 4.78 is 5.30. The first-order valence-electron chi connectivity index (χ1n) is 14.5. The molecule has 4 amide bonds. The van der Waals surface area contributed by atoms with E-state index in [-0.39, 0.29) is 30.8 Å². The van der Waals surface area contributed by atoms with E-state index in [1.165, 1.54) is 11.3 Å². The van der Waals surface area contributed by atoms with Crippen molar-refractivity contribution in [2.45, 2.75) is 97.7 Å². The van der Waals surface area contributed by atoms with Crippen LogP contribution in [0.4, 0.5) is 4.79 Å². The minimum absolute atomic E-state index is 0.140. The second-order valence-electron chi connectivity index (χ2n) is 11.0. The molecule has 0 bridgehead atoms. The Kier molecular flexibility index (Phi) is 13.1. The van der Waals surface area contributed by atoms with E-state index in [1.807, 2.05) is 45.0 Å². The standard InChI is InChI=1S/C27H38N4O6.C3H8/c1-4-8-20(23(32)24(28)33)29-25(34)21-11-7-12-31(21)26(35)22(30-27(36)37-15-16(2)3)19-13-17-9-5-6-10-18(17)14-19;1-3-2/h5-6,9-10,16,19-22H,4,7-8,11-15H2,1-3H3,(H2,28,33)(H,29,34)(H,30,36);3H2,1-2H3/t20?,21-,22-;/m0./s1. The van der Waals surface area contributed by atoms with E-state index in [0.29, 0.717) is 38.6 Å². The lowest BCUT2D eigenvalue weighted by atomic mass is 9.95. The van der Waals surface area contributed by atoms with Crippen LogP contribution in [0.3, 0.4) is 0 Å². The van der Waals surface area contributed by atoms with Crippen LogP contribution in [-0.4, -0.2) is 65.8 Å². The number of hydrogen-bond acceptors (Lipinski definition) is 6. The van der Waals surface area contributed by atoms with E-state index < -0.39 is 41.8 Å². The molecule has 0 radical (unpaired) electrons. The maximum absolute atomic E-state index is 13.9. The van der Waals surface area contributed by atoms with Crippen molar-refractivity contribution in [3.05, 3.63) is 35.4 Å². The predicted octanol–water partition coefficient (Wildman–Crippen LogP) is 2.90. The van der Waals surface area contributed by atoms with Crippen LogP contribution in [0, 0.1) is 11.8 Å². The lowest BCUT2D eigenvalue weighted by molar-refractivity contribution is -0.142. The first kappa shape index (κ1) is 32.8. The highest BCUT2D eigenvalue weighted by atomic mass is 16.5. The number of hydrogen-bond donors (Lipinski definition) is 3. The molecule has 222 valence electrons. The second-order valence-corrected chi connectivity index (χ2v) is 11.0. The highest BCUT2D eigenvalue weighted by Gasteiger charge is 2.43. The minimum Gasteiger partial charge on any atom is -0.449 e. The van der Waals surface area contributed by atoms with Crippen molar-refractivity contribution in [2.75, 3.05) is 13.2 Å². The summed E-state index contributed by atoms with van der Waals surface area (Å²) in [6, 6.07) is 5.21. The number of likely N-dealkylation sites (tertiary alicyclic amines) is 1. The Morgan fingerprint density at radius 2 is 1.62 bits per heavy atom. The molecule has 1 heterocycles. The second kappa shape index (κ2) is 16.0. The summed E-state index contributed by atoms with van der Waals surface area (Å²) in [5.41, 5.74) is 7.41. The highest BCUT2D eigenvalue weighted by molar-refractivity contribution is 6.37. The van der Waals surface area contributed by atoms with Gasteiger partial charge in [0.1, 0.15) is 12.1 Å². The van der Waals surface area contributed by atoms with Crippen LogP contribution < -0.4 is 16.4 Å². The van der Waals surface area contributed by atoms with Gasteiger partial charge in [0.05, 0.1) is 12.6 Å². The third kappa shape index (κ3) is 9.06. The third-order valence-corrected chi connectivity index (χ3v) is 6.93. The van der Waals surface area contributed by atoms with Crippen LogP contribution in [0.2, 0.25) is 0 Å². The number of Topliss-reactive ketones (excluding diaryl/α,β-unsaturated/α-hetero) is 1. The number of rotatable bonds is 11. The molecule has 0 spiro atoms. The van der Waals surface area contributed by atoms with Gasteiger partial charge in [0, 0.05) is 6.54 Å². The minimum atomic E-state index is -1.11. The van der Waals surface area contributed by atoms with Crippen molar-refractivity contribution >= 4 is 29.6 Å². The summed E-state index contributed by atoms with van der Waals surface area (Å²) in [7, 11) is 0. The number of carbonyl (C=O) groups excluding carboxylic acids is 5. The zero-order chi connectivity index (χ0) is 29.8. The Labute approximate surface area is 237 Å². The predicted molar refractivity (Wildman–Crippen MR) is 152 cm³/mol. The molecule has 1 aromatic rings. The van der Waals surface area contributed by atoms with Gasteiger partial charge in [-0.25, -0.2) is 4.79 Å². The van der Waals surface area contributed by atoms with Gasteiger partial charge in [0.2, 0.25) is 17.6 Å². The fraction of sp³-hybridized carbons (Fsp3) is 0.633. The first-order valence-corrected chi connectivity index (χ1v) is 14.5. The topological polar surface area (TPSA) is 148 Å². The number of ether oxygens (including phenoxy) is 1. The number of primary amides is 1. The molecule has 0 saturated carbocycles. The summed E-state index contributed by atoms with van der Waals surface area (Å²) in [6.07, 6.45) is 3.65. The van der Waals surface area contributed by atoms with Gasteiger partial charge in [-0.2, -0.15) is 0 Å². The lowest BCUT2D eigenvalue weighted by Crippen LogP contribution is -2.57. The first-order chi connectivity index (χ1) is 19.0. The Morgan fingerprint density at radius 1 is 1.02 bits per heavy atom. The van der Waals surface area contributed by atoms with E-state index in [1.54, 1.807) is 0 Å². The zero-order valence-electron chi connectivity index (χ0n) is 24.5. The van der Waals surface area contributed by atoms with Crippen molar-refractivity contribution in [2.24, 2.45) is 17.6 Å². The Bertz CT molecular complexity index is 1020. The van der Waals surface area contributed by atoms with Crippen molar-refractivity contribution < 1.29 is 28.7 Å². The number of ketones is 1. The van der Waals surface area contributed by atoms with Crippen molar-refractivity contribution in [1.29, 1.82) is 0 Å². The summed E-state index contributed by atoms with van der Waals surface area (Å²) in [5, 5.41) is 5.41. The van der Waals surface area contributed by atoms with Gasteiger partial charge in [-0.15, -0.1) is 0 Å². The molecule has 10 heteroatoms. The molecular formula is C30H46N4O6. The van der Waals surface area contributed by atoms with Crippen LogP contribution in [0.25, 0.3) is 0 Å². The molecule has 3 atom stereocenters. The average molecular weight is 559 g/mol. The molecule has 1 saturated heterocycles. The zero-order valence-corrected chi connectivity index (χ0v) is 24.5. The maximum Gasteiger partial charge on any atom is 0.407 e. The molecule has 3 rings (SSSR count). The van der Waals surface area contributed by atoms with E-state index in [9.17, 15) is 24.0 Å². The van der Waals surface area contributed by atoms with E-state index >= 15 is 0 Å². The summed E-state index contributed by atoms with van der Waals surface area (Å²) in [5.74, 6) is -2.88. The summed E-state index contributed by atoms with van der Waals surface area (Å²) >= 11 is 0. The monoisotopic (exact) mass is 558 g/mol. The number of nitrogens with one attached hydrogen (secondary N) is 2. The van der Waals surface area contributed by atoms with Gasteiger partial charge in [-0.1, -0.05) is 71.7 Å². The number of carbonyl (C=O) groups is 5. The molecule has 10 nitrogen and oxygen atoms in total. The number of fused-ring (bicyclic) bond motifs is 1. The Hall–Kier alpha value is -3.43. The van der Waals surface area contributed by atoms with Gasteiger partial charge < -0.3 is 26.0 Å². The molecule has 2 aliphatic rings. The van der Waals surface area contributed by atoms with Crippen molar-refractivity contribution in [1.82, 2.24) is 15.5 Å². The van der Waals surface area contributed by atoms with Crippen LogP contribution in [0.5, 0.6) is 0 Å². The van der Waals surface area contributed by atoms with Gasteiger partial charge in [0.25, 0.3) is 5.91 Å². The Morgan fingerprint density at radius 3 is 2.15 bits per heavy atom. The molecule has 1 aliphatic carbocycles. The molecule has 40 heavy (non-hydrogen) atoms. The molecule has 1 unspecified atom stereocenters. The maximum atomic E-state index is 13.9. The quantitative estimate of drug-likeness (QED) is 0.356. The van der Waals surface area contributed by atoms with Gasteiger partial charge in [0.15, 0.2) is 0 Å². The van der Waals surface area contributed by atoms with Crippen LogP contribution in [0.1, 0.15) is 77.8 Å². The lowest BCUT2D eigenvalue weighted by Gasteiger charge is -2.32. The van der Waals surface area contributed by atoms with E-state index in [0.717, 1.165) is 11.1 Å². The molecule has 1 aromatic carbocycles. The fourth-order valence-electron chi connectivity index (χ4n) is 5.10. The van der Waals surface area contributed by atoms with Crippen molar-refractivity contribution in [3.63, 3.8) is 0 Å². The van der Waals surface area contributed by atoms with Crippen LogP contribution in [-0.2, 0) is 36.8 Å². The number of benzene rings is 1. The van der Waals surface area contributed by atoms with E-state index in [2.05, 4.69) is 24.5 Å². The largest absolute Gasteiger partial charge is 0.449 e. The number of amides is 4. The average Bonchev–Trinajstić information content (AvgIpc) is 3.57. The molecule has 1 aliphatic heterocycles. The van der Waals surface area contributed by atoms with Gasteiger partial charge in [-0.05, 0) is 55.1 Å². The molecule has 4 N–H and O–H groups in total. The van der Waals surface area contributed by atoms with Gasteiger partial charge in [-0.3, -0.25) is 19.2 Å². The molecule has 0 aromatic heterocycles. The summed E-state index contributed by atoms with van der Waals surface area (Å²) in [4.78, 5) is 64.7. The van der Waals surface area contributed by atoms with Crippen LogP contribution in [0.15, 0.2) is 24.3 Å². The van der Waals surface area contributed by atoms with Gasteiger partial charge >= 0.3 is 6.09 Å². The SMILES string of the molecule is CCC.CCCC(NC(=O)[C@@H]1CCCN1C(=O)[C@@H](NC(=O)OCC(C)C)C1Cc2ccccc2C1)C(=O)C(N)=O. The molecular weight excluding hydrogens is 512 g/mol. The highest BCUT2D eigenvalue weighted by Crippen LogP contribution is 2.31. The fourth-order valence-corrected chi connectivity index (χ4v) is 5.10. The molecule has 1 fully saturated rings. The number of nitrogens with two attached hydrogens (primary N) is 1. The smallest absolute Gasteiger partial charge is 0.407 e. The Balaban J connectivity index is 0.00000178. The number of nitrogens with zero attached hydrogens (tertiary/aromatic N) is 1. The third-order valence-electron chi connectivity index (χ3n) is 6.93. The van der Waals surface area contributed by atoms with Crippen molar-refractivity contribution in [3.8, 4) is 0 Å². The van der Waals surface area contributed by atoms with E-state index in [4.69, 9.17) is 10.5 Å². The number of alkyl carbamates (subject to hydrolysis) is 1. The summed E-state index contributed by atoms with van der Waals surface area (Å²) in [6.45, 7) is 10.5. The van der Waals surface area contributed by atoms with Crippen LogP contribution >= 0.6 is 0 Å².